The minimum Gasteiger partial charge on any atom is -0.378 e. The first-order valence-electron chi connectivity index (χ1n) is 9.33. The summed E-state index contributed by atoms with van der Waals surface area (Å²) in [6.45, 7) is 3.60. The zero-order chi connectivity index (χ0) is 16.5. The van der Waals surface area contributed by atoms with Gasteiger partial charge in [0.1, 0.15) is 0 Å². The van der Waals surface area contributed by atoms with Crippen LogP contribution in [-0.2, 0) is 4.74 Å². The third kappa shape index (κ3) is 3.41. The maximum atomic E-state index is 12.8. The minimum atomic E-state index is 0.0715. The number of likely N-dealkylation sites (tertiary alicyclic amines) is 1. The molecule has 0 bridgehead atoms. The molecule has 2 saturated heterocycles. The van der Waals surface area contributed by atoms with Gasteiger partial charge in [0.15, 0.2) is 0 Å². The molecule has 0 aromatic carbocycles. The van der Waals surface area contributed by atoms with E-state index in [1.165, 1.54) is 12.8 Å². The topological polar surface area (TPSA) is 54.5 Å². The summed E-state index contributed by atoms with van der Waals surface area (Å²) in [7, 11) is 0. The summed E-state index contributed by atoms with van der Waals surface area (Å²) in [6, 6.07) is 6.52. The number of pyridine rings is 1. The van der Waals surface area contributed by atoms with Gasteiger partial charge in [-0.15, -0.1) is 0 Å². The van der Waals surface area contributed by atoms with E-state index in [1.807, 2.05) is 30.0 Å². The average molecular weight is 329 g/mol. The van der Waals surface area contributed by atoms with Crippen molar-refractivity contribution in [3.8, 4) is 0 Å². The molecule has 3 fully saturated rings. The molecule has 5 nitrogen and oxygen atoms in total. The summed E-state index contributed by atoms with van der Waals surface area (Å²) in [4.78, 5) is 19.4. The van der Waals surface area contributed by atoms with Gasteiger partial charge < -0.3 is 15.0 Å². The van der Waals surface area contributed by atoms with Gasteiger partial charge in [-0.05, 0) is 63.5 Å². The van der Waals surface area contributed by atoms with Crippen molar-refractivity contribution in [2.75, 3.05) is 13.2 Å². The van der Waals surface area contributed by atoms with Crippen molar-refractivity contribution in [3.05, 3.63) is 29.6 Å². The Morgan fingerprint density at radius 2 is 2.17 bits per heavy atom. The van der Waals surface area contributed by atoms with Crippen LogP contribution in [0, 0.1) is 12.8 Å². The highest BCUT2D eigenvalue weighted by Gasteiger charge is 2.37. The number of aryl methyl sites for hydroxylation is 1. The molecule has 1 aliphatic carbocycles. The Labute approximate surface area is 143 Å². The molecular weight excluding hydrogens is 302 g/mol. The highest BCUT2D eigenvalue weighted by atomic mass is 16.5. The van der Waals surface area contributed by atoms with Crippen LogP contribution in [0.4, 0.5) is 4.79 Å². The van der Waals surface area contributed by atoms with E-state index in [-0.39, 0.29) is 18.1 Å². The highest BCUT2D eigenvalue weighted by molar-refractivity contribution is 5.75. The van der Waals surface area contributed by atoms with Crippen molar-refractivity contribution in [3.63, 3.8) is 0 Å². The van der Waals surface area contributed by atoms with Gasteiger partial charge in [-0.2, -0.15) is 0 Å². The molecule has 4 rings (SSSR count). The van der Waals surface area contributed by atoms with Crippen molar-refractivity contribution in [2.24, 2.45) is 5.92 Å². The van der Waals surface area contributed by atoms with E-state index in [1.54, 1.807) is 0 Å². The van der Waals surface area contributed by atoms with Crippen molar-refractivity contribution in [2.45, 2.75) is 63.6 Å². The molecular formula is C19H27N3O2. The molecule has 2 amide bonds. The second kappa shape index (κ2) is 6.71. The van der Waals surface area contributed by atoms with Crippen molar-refractivity contribution in [1.29, 1.82) is 0 Å². The molecule has 0 unspecified atom stereocenters. The number of hydrogen-bond acceptors (Lipinski definition) is 3. The molecule has 1 aromatic heterocycles. The van der Waals surface area contributed by atoms with Gasteiger partial charge in [0.2, 0.25) is 0 Å². The number of carbonyl (C=O) groups excluding carboxylic acids is 1. The zero-order valence-corrected chi connectivity index (χ0v) is 14.4. The maximum absolute atomic E-state index is 12.8. The predicted octanol–water partition coefficient (Wildman–Crippen LogP) is 3.19. The Kier molecular flexibility index (Phi) is 4.44. The fourth-order valence-corrected chi connectivity index (χ4v) is 4.08. The van der Waals surface area contributed by atoms with Gasteiger partial charge in [-0.3, -0.25) is 4.98 Å². The maximum Gasteiger partial charge on any atom is 0.318 e. The summed E-state index contributed by atoms with van der Waals surface area (Å²) < 4.78 is 5.87. The molecule has 3 atom stereocenters. The van der Waals surface area contributed by atoms with Crippen LogP contribution in [0.1, 0.15) is 56.0 Å². The molecule has 130 valence electrons. The van der Waals surface area contributed by atoms with E-state index < -0.39 is 0 Å². The SMILES string of the molecule is Cc1cccc([C@@H]2CCCN2C(=O)N[C@@H]2CCO[C@H](C3CC3)C2)n1. The molecule has 3 heterocycles. The summed E-state index contributed by atoms with van der Waals surface area (Å²) in [5, 5.41) is 3.27. The Morgan fingerprint density at radius 3 is 2.96 bits per heavy atom. The number of aromatic nitrogens is 1. The van der Waals surface area contributed by atoms with Crippen LogP contribution < -0.4 is 5.32 Å². The average Bonchev–Trinajstić information content (AvgIpc) is 3.31. The Hall–Kier alpha value is -1.62. The highest BCUT2D eigenvalue weighted by Crippen LogP contribution is 2.38. The monoisotopic (exact) mass is 329 g/mol. The third-order valence-electron chi connectivity index (χ3n) is 5.56. The van der Waals surface area contributed by atoms with E-state index >= 15 is 0 Å². The Balaban J connectivity index is 1.39. The zero-order valence-electron chi connectivity index (χ0n) is 14.4. The summed E-state index contributed by atoms with van der Waals surface area (Å²) in [5.74, 6) is 0.737. The fourth-order valence-electron chi connectivity index (χ4n) is 4.08. The molecule has 0 radical (unpaired) electrons. The number of hydrogen-bond donors (Lipinski definition) is 1. The fraction of sp³-hybridized carbons (Fsp3) is 0.684. The Morgan fingerprint density at radius 1 is 1.29 bits per heavy atom. The van der Waals surface area contributed by atoms with Crippen LogP contribution >= 0.6 is 0 Å². The first-order valence-corrected chi connectivity index (χ1v) is 9.33. The predicted molar refractivity (Wildman–Crippen MR) is 91.7 cm³/mol. The minimum absolute atomic E-state index is 0.0715. The normalized spacial score (nSPS) is 30.4. The standard InChI is InChI=1S/C19H27N3O2/c1-13-4-2-5-16(20-13)17-6-3-10-22(17)19(23)21-15-9-11-24-18(12-15)14-7-8-14/h2,4-5,14-15,17-18H,3,6-12H2,1H3,(H,21,23)/t15-,17+,18+/m1/s1. The Bertz CT molecular complexity index is 602. The van der Waals surface area contributed by atoms with Crippen molar-refractivity contribution in [1.82, 2.24) is 15.2 Å². The van der Waals surface area contributed by atoms with Crippen LogP contribution in [0.15, 0.2) is 18.2 Å². The number of ether oxygens (including phenoxy) is 1. The number of carbonyl (C=O) groups is 1. The smallest absolute Gasteiger partial charge is 0.318 e. The van der Waals surface area contributed by atoms with Crippen LogP contribution in [0.3, 0.4) is 0 Å². The van der Waals surface area contributed by atoms with Crippen LogP contribution in [0.2, 0.25) is 0 Å². The van der Waals surface area contributed by atoms with E-state index in [2.05, 4.69) is 10.3 Å². The second-order valence-electron chi connectivity index (χ2n) is 7.47. The van der Waals surface area contributed by atoms with Crippen LogP contribution in [-0.4, -0.2) is 41.2 Å². The van der Waals surface area contributed by atoms with Gasteiger partial charge in [-0.1, -0.05) is 6.07 Å². The molecule has 24 heavy (non-hydrogen) atoms. The van der Waals surface area contributed by atoms with E-state index in [4.69, 9.17) is 4.74 Å². The quantitative estimate of drug-likeness (QED) is 0.926. The lowest BCUT2D eigenvalue weighted by molar-refractivity contribution is -0.00989. The second-order valence-corrected chi connectivity index (χ2v) is 7.47. The lowest BCUT2D eigenvalue weighted by atomic mass is 10.0. The lowest BCUT2D eigenvalue weighted by Crippen LogP contribution is -2.48. The van der Waals surface area contributed by atoms with E-state index in [0.29, 0.717) is 6.10 Å². The molecule has 1 N–H and O–H groups in total. The van der Waals surface area contributed by atoms with Gasteiger partial charge in [0.05, 0.1) is 17.8 Å². The van der Waals surface area contributed by atoms with Gasteiger partial charge >= 0.3 is 6.03 Å². The van der Waals surface area contributed by atoms with Gasteiger partial charge in [0.25, 0.3) is 0 Å². The molecule has 3 aliphatic rings. The number of nitrogens with one attached hydrogen (secondary N) is 1. The largest absolute Gasteiger partial charge is 0.378 e. The van der Waals surface area contributed by atoms with Crippen molar-refractivity contribution >= 4 is 6.03 Å². The third-order valence-corrected chi connectivity index (χ3v) is 5.56. The van der Waals surface area contributed by atoms with Crippen LogP contribution in [0.5, 0.6) is 0 Å². The molecule has 0 spiro atoms. The van der Waals surface area contributed by atoms with Gasteiger partial charge in [0, 0.05) is 24.9 Å². The van der Waals surface area contributed by atoms with E-state index in [9.17, 15) is 4.79 Å². The van der Waals surface area contributed by atoms with Crippen molar-refractivity contribution < 1.29 is 9.53 Å². The molecule has 2 aliphatic heterocycles. The number of amides is 2. The first kappa shape index (κ1) is 15.9. The summed E-state index contributed by atoms with van der Waals surface area (Å²) >= 11 is 0. The molecule has 1 aromatic rings. The molecule has 1 saturated carbocycles. The van der Waals surface area contributed by atoms with Gasteiger partial charge in [-0.25, -0.2) is 4.79 Å². The number of rotatable bonds is 3. The number of urea groups is 1. The summed E-state index contributed by atoms with van der Waals surface area (Å²) in [6.07, 6.45) is 6.89. The number of nitrogens with zero attached hydrogens (tertiary/aromatic N) is 2. The molecule has 5 heteroatoms. The first-order chi connectivity index (χ1) is 11.7. The van der Waals surface area contributed by atoms with Crippen LogP contribution in [0.25, 0.3) is 0 Å². The van der Waals surface area contributed by atoms with E-state index in [0.717, 1.165) is 56.1 Å². The summed E-state index contributed by atoms with van der Waals surface area (Å²) in [5.41, 5.74) is 2.03. The lowest BCUT2D eigenvalue weighted by Gasteiger charge is -2.33.